The van der Waals surface area contributed by atoms with Gasteiger partial charge >= 0.3 is 0 Å². The molecule has 1 aliphatic rings. The predicted molar refractivity (Wildman–Crippen MR) is 46.4 cm³/mol. The summed E-state index contributed by atoms with van der Waals surface area (Å²) in [6.45, 7) is 0.203. The third-order valence-electron chi connectivity index (χ3n) is 1.78. The van der Waals surface area contributed by atoms with Crippen molar-refractivity contribution in [1.82, 2.24) is 0 Å². The Morgan fingerprint density at radius 1 is 1.38 bits per heavy atom. The second-order valence-corrected chi connectivity index (χ2v) is 2.58. The van der Waals surface area contributed by atoms with E-state index in [4.69, 9.17) is 20.4 Å². The molecule has 0 amide bonds. The van der Waals surface area contributed by atoms with Gasteiger partial charge in [-0.1, -0.05) is 5.16 Å². The smallest absolute Gasteiger partial charge is 0.231 e. The van der Waals surface area contributed by atoms with E-state index in [1.165, 1.54) is 6.21 Å². The van der Waals surface area contributed by atoms with Gasteiger partial charge in [0.15, 0.2) is 11.5 Å². The second kappa shape index (κ2) is 2.85. The molecule has 1 aromatic carbocycles. The molecule has 13 heavy (non-hydrogen) atoms. The molecule has 5 heteroatoms. The zero-order valence-corrected chi connectivity index (χ0v) is 6.73. The van der Waals surface area contributed by atoms with Crippen molar-refractivity contribution in [1.29, 1.82) is 0 Å². The summed E-state index contributed by atoms with van der Waals surface area (Å²) in [5.41, 5.74) is 6.73. The highest BCUT2D eigenvalue weighted by molar-refractivity contribution is 5.88. The molecule has 3 N–H and O–H groups in total. The lowest BCUT2D eigenvalue weighted by Gasteiger charge is -2.01. The Labute approximate surface area is 74.4 Å². The maximum atomic E-state index is 8.33. The van der Waals surface area contributed by atoms with Crippen LogP contribution in [0.1, 0.15) is 5.56 Å². The molecule has 0 saturated carbocycles. The number of oxime groups is 1. The molecule has 1 aromatic rings. The number of hydrogen-bond donors (Lipinski definition) is 2. The van der Waals surface area contributed by atoms with Gasteiger partial charge in [0.2, 0.25) is 6.79 Å². The van der Waals surface area contributed by atoms with Crippen LogP contribution in [-0.2, 0) is 0 Å². The van der Waals surface area contributed by atoms with Crippen molar-refractivity contribution < 1.29 is 14.7 Å². The molecular weight excluding hydrogens is 172 g/mol. The summed E-state index contributed by atoms with van der Waals surface area (Å²) in [6.07, 6.45) is 1.25. The van der Waals surface area contributed by atoms with Crippen molar-refractivity contribution in [3.63, 3.8) is 0 Å². The average molecular weight is 180 g/mol. The Morgan fingerprint density at radius 2 is 2.08 bits per heavy atom. The molecule has 68 valence electrons. The molecule has 0 atom stereocenters. The number of ether oxygens (including phenoxy) is 2. The van der Waals surface area contributed by atoms with E-state index in [1.807, 2.05) is 0 Å². The van der Waals surface area contributed by atoms with Crippen LogP contribution in [0.2, 0.25) is 0 Å². The van der Waals surface area contributed by atoms with Gasteiger partial charge in [-0.05, 0) is 6.07 Å². The molecule has 0 fully saturated rings. The average Bonchev–Trinajstić information content (AvgIpc) is 2.52. The van der Waals surface area contributed by atoms with Gasteiger partial charge in [0.1, 0.15) is 0 Å². The second-order valence-electron chi connectivity index (χ2n) is 2.58. The summed E-state index contributed by atoms with van der Waals surface area (Å²) in [5.74, 6) is 1.23. The summed E-state index contributed by atoms with van der Waals surface area (Å²) in [7, 11) is 0. The number of hydrogen-bond acceptors (Lipinski definition) is 5. The lowest BCUT2D eigenvalue weighted by Crippen LogP contribution is -1.93. The van der Waals surface area contributed by atoms with Gasteiger partial charge in [-0.2, -0.15) is 0 Å². The van der Waals surface area contributed by atoms with Gasteiger partial charge < -0.3 is 20.4 Å². The van der Waals surface area contributed by atoms with Crippen LogP contribution in [0.25, 0.3) is 0 Å². The summed E-state index contributed by atoms with van der Waals surface area (Å²) >= 11 is 0. The van der Waals surface area contributed by atoms with Gasteiger partial charge in [-0.3, -0.25) is 0 Å². The maximum Gasteiger partial charge on any atom is 0.231 e. The van der Waals surface area contributed by atoms with E-state index >= 15 is 0 Å². The molecule has 0 aromatic heterocycles. The Balaban J connectivity index is 2.49. The van der Waals surface area contributed by atoms with Crippen LogP contribution in [0.5, 0.6) is 11.5 Å². The zero-order valence-electron chi connectivity index (χ0n) is 6.73. The predicted octanol–water partition coefficient (Wildman–Crippen LogP) is 0.806. The van der Waals surface area contributed by atoms with Crippen molar-refractivity contribution >= 4 is 11.9 Å². The third-order valence-corrected chi connectivity index (χ3v) is 1.78. The topological polar surface area (TPSA) is 77.1 Å². The normalized spacial score (nSPS) is 13.8. The minimum atomic E-state index is 0.203. The van der Waals surface area contributed by atoms with E-state index in [1.54, 1.807) is 12.1 Å². The number of rotatable bonds is 1. The minimum absolute atomic E-state index is 0.203. The Bertz CT molecular complexity index is 363. The summed E-state index contributed by atoms with van der Waals surface area (Å²) in [5, 5.41) is 11.2. The number of anilines is 1. The first-order valence-electron chi connectivity index (χ1n) is 3.68. The van der Waals surface area contributed by atoms with Crippen LogP contribution in [-0.4, -0.2) is 18.2 Å². The fourth-order valence-corrected chi connectivity index (χ4v) is 1.15. The molecule has 0 saturated heterocycles. The van der Waals surface area contributed by atoms with Crippen molar-refractivity contribution in [2.45, 2.75) is 0 Å². The third kappa shape index (κ3) is 1.24. The molecule has 0 radical (unpaired) electrons. The largest absolute Gasteiger partial charge is 0.454 e. The van der Waals surface area contributed by atoms with Crippen LogP contribution in [0.4, 0.5) is 5.69 Å². The molecule has 5 nitrogen and oxygen atoms in total. The maximum absolute atomic E-state index is 8.33. The van der Waals surface area contributed by atoms with Crippen molar-refractivity contribution in [3.05, 3.63) is 17.7 Å². The monoisotopic (exact) mass is 180 g/mol. The summed E-state index contributed by atoms with van der Waals surface area (Å²) < 4.78 is 10.2. The number of nitrogens with zero attached hydrogens (tertiary/aromatic N) is 1. The van der Waals surface area contributed by atoms with Gasteiger partial charge in [0.25, 0.3) is 0 Å². The van der Waals surface area contributed by atoms with Gasteiger partial charge in [-0.25, -0.2) is 0 Å². The van der Waals surface area contributed by atoms with Gasteiger partial charge in [0.05, 0.1) is 6.21 Å². The van der Waals surface area contributed by atoms with Gasteiger partial charge in [-0.15, -0.1) is 0 Å². The Morgan fingerprint density at radius 3 is 2.77 bits per heavy atom. The Hall–Kier alpha value is -1.91. The fraction of sp³-hybridized carbons (Fsp3) is 0.125. The van der Waals surface area contributed by atoms with E-state index in [-0.39, 0.29) is 6.79 Å². The van der Waals surface area contributed by atoms with Gasteiger partial charge in [0, 0.05) is 17.3 Å². The van der Waals surface area contributed by atoms with Crippen molar-refractivity contribution in [2.75, 3.05) is 12.5 Å². The van der Waals surface area contributed by atoms with E-state index in [2.05, 4.69) is 5.16 Å². The zero-order chi connectivity index (χ0) is 9.26. The lowest BCUT2D eigenvalue weighted by atomic mass is 10.2. The molecule has 2 rings (SSSR count). The molecule has 0 unspecified atom stereocenters. The molecule has 0 aliphatic carbocycles. The highest BCUT2D eigenvalue weighted by Gasteiger charge is 2.15. The van der Waals surface area contributed by atoms with Crippen molar-refractivity contribution in [3.8, 4) is 11.5 Å². The number of fused-ring (bicyclic) bond motifs is 1. The SMILES string of the molecule is Nc1cc2c(cc1C=NO)OCO2. The quantitative estimate of drug-likeness (QED) is 0.290. The molecule has 0 bridgehead atoms. The lowest BCUT2D eigenvalue weighted by molar-refractivity contribution is 0.174. The number of nitrogen functional groups attached to an aromatic ring is 1. The van der Waals surface area contributed by atoms with E-state index in [0.717, 1.165) is 0 Å². The summed E-state index contributed by atoms with van der Waals surface area (Å²) in [4.78, 5) is 0. The standard InChI is InChI=1S/C8H8N2O3/c9-6-2-8-7(12-4-13-8)1-5(6)3-10-11/h1-3,11H,4,9H2. The van der Waals surface area contributed by atoms with Crippen molar-refractivity contribution in [2.24, 2.45) is 5.16 Å². The highest BCUT2D eigenvalue weighted by Crippen LogP contribution is 2.35. The highest BCUT2D eigenvalue weighted by atomic mass is 16.7. The van der Waals surface area contributed by atoms with E-state index < -0.39 is 0 Å². The first-order chi connectivity index (χ1) is 6.31. The minimum Gasteiger partial charge on any atom is -0.454 e. The summed E-state index contributed by atoms with van der Waals surface area (Å²) in [6, 6.07) is 3.30. The van der Waals surface area contributed by atoms with Crippen LogP contribution in [0.3, 0.4) is 0 Å². The van der Waals surface area contributed by atoms with E-state index in [9.17, 15) is 0 Å². The first kappa shape index (κ1) is 7.72. The Kier molecular flexibility index (Phi) is 1.70. The van der Waals surface area contributed by atoms with Crippen LogP contribution < -0.4 is 15.2 Å². The molecule has 1 aliphatic heterocycles. The molecular formula is C8H8N2O3. The fourth-order valence-electron chi connectivity index (χ4n) is 1.15. The number of benzene rings is 1. The number of nitrogens with two attached hydrogens (primary N) is 1. The van der Waals surface area contributed by atoms with E-state index in [0.29, 0.717) is 22.7 Å². The molecule has 0 spiro atoms. The molecule has 1 heterocycles. The van der Waals surface area contributed by atoms with Crippen LogP contribution in [0.15, 0.2) is 17.3 Å². The first-order valence-corrected chi connectivity index (χ1v) is 3.68. The van der Waals surface area contributed by atoms with Crippen LogP contribution >= 0.6 is 0 Å². The van der Waals surface area contributed by atoms with Crippen LogP contribution in [0, 0.1) is 0 Å².